The highest BCUT2D eigenvalue weighted by Crippen LogP contribution is 2.05. The van der Waals surface area contributed by atoms with Crippen molar-refractivity contribution in [3.63, 3.8) is 0 Å². The first-order valence-electron chi connectivity index (χ1n) is 4.56. The smallest absolute Gasteiger partial charge is 0.312 e. The zero-order valence-corrected chi connectivity index (χ0v) is 10.4. The monoisotopic (exact) mass is 214 g/mol. The largest absolute Gasteiger partial charge is 0.469 e. The molecule has 0 aromatic heterocycles. The summed E-state index contributed by atoms with van der Waals surface area (Å²) in [7, 11) is -0.181. The van der Waals surface area contributed by atoms with Crippen LogP contribution in [0.2, 0.25) is 19.6 Å². The topological polar surface area (TPSA) is 46.5 Å². The highest BCUT2D eigenvalue weighted by molar-refractivity contribution is 6.83. The number of hydrogen-bond acceptors (Lipinski definition) is 3. The first kappa shape index (κ1) is 13.2. The standard InChI is InChI=1S/C10H18O3Si/c1-8(10(12)13-2)9(11)6-7-14(3,4)5/h8-9,11H,1-5H3/t8-,9-/m0/s1. The van der Waals surface area contributed by atoms with Crippen molar-refractivity contribution in [3.8, 4) is 11.5 Å². The summed E-state index contributed by atoms with van der Waals surface area (Å²) in [4.78, 5) is 11.0. The predicted molar refractivity (Wildman–Crippen MR) is 58.3 cm³/mol. The Hall–Kier alpha value is -0.793. The number of ether oxygens (including phenoxy) is 1. The molecule has 2 atom stereocenters. The lowest BCUT2D eigenvalue weighted by atomic mass is 10.1. The van der Waals surface area contributed by atoms with Gasteiger partial charge in [0, 0.05) is 0 Å². The molecule has 0 saturated carbocycles. The Balaban J connectivity index is 4.39. The van der Waals surface area contributed by atoms with Gasteiger partial charge in [-0.3, -0.25) is 4.79 Å². The molecule has 0 aromatic carbocycles. The molecule has 0 aliphatic heterocycles. The normalized spacial score (nSPS) is 15.0. The van der Waals surface area contributed by atoms with Crippen LogP contribution in [-0.2, 0) is 9.53 Å². The zero-order chi connectivity index (χ0) is 11.4. The van der Waals surface area contributed by atoms with Crippen LogP contribution in [-0.4, -0.2) is 32.4 Å². The van der Waals surface area contributed by atoms with Gasteiger partial charge in [0.1, 0.15) is 14.2 Å². The second kappa shape index (κ2) is 5.18. The van der Waals surface area contributed by atoms with E-state index in [1.54, 1.807) is 6.92 Å². The molecule has 0 bridgehead atoms. The van der Waals surface area contributed by atoms with Gasteiger partial charge >= 0.3 is 5.97 Å². The Morgan fingerprint density at radius 2 is 1.93 bits per heavy atom. The van der Waals surface area contributed by atoms with Crippen LogP contribution in [0.15, 0.2) is 0 Å². The molecule has 0 saturated heterocycles. The number of carbonyl (C=O) groups excluding carboxylic acids is 1. The minimum absolute atomic E-state index is 0.428. The summed E-state index contributed by atoms with van der Waals surface area (Å²) in [5.74, 6) is 1.70. The van der Waals surface area contributed by atoms with E-state index >= 15 is 0 Å². The third kappa shape index (κ3) is 5.05. The van der Waals surface area contributed by atoms with E-state index < -0.39 is 26.1 Å². The number of carbonyl (C=O) groups is 1. The predicted octanol–water partition coefficient (Wildman–Crippen LogP) is 1.04. The molecule has 0 radical (unpaired) electrons. The Labute approximate surface area is 86.5 Å². The van der Waals surface area contributed by atoms with Crippen LogP contribution in [0.4, 0.5) is 0 Å². The number of esters is 1. The van der Waals surface area contributed by atoms with E-state index in [9.17, 15) is 9.90 Å². The minimum Gasteiger partial charge on any atom is -0.469 e. The van der Waals surface area contributed by atoms with Gasteiger partial charge < -0.3 is 9.84 Å². The number of aliphatic hydroxyl groups is 1. The van der Waals surface area contributed by atoms with Crippen LogP contribution in [0.5, 0.6) is 0 Å². The number of hydrogen-bond donors (Lipinski definition) is 1. The second-order valence-corrected chi connectivity index (χ2v) is 9.03. The van der Waals surface area contributed by atoms with Gasteiger partial charge in [0.2, 0.25) is 0 Å². The van der Waals surface area contributed by atoms with Crippen LogP contribution in [0, 0.1) is 17.4 Å². The first-order chi connectivity index (χ1) is 6.28. The fourth-order valence-corrected chi connectivity index (χ4v) is 1.31. The maximum Gasteiger partial charge on any atom is 0.312 e. The molecule has 4 heteroatoms. The van der Waals surface area contributed by atoms with E-state index in [0.29, 0.717) is 0 Å². The molecule has 0 aliphatic rings. The molecule has 3 nitrogen and oxygen atoms in total. The fraction of sp³-hybridized carbons (Fsp3) is 0.700. The molecule has 0 rings (SSSR count). The Morgan fingerprint density at radius 1 is 1.43 bits per heavy atom. The highest BCUT2D eigenvalue weighted by atomic mass is 28.3. The average molecular weight is 214 g/mol. The van der Waals surface area contributed by atoms with E-state index in [1.807, 2.05) is 0 Å². The van der Waals surface area contributed by atoms with Gasteiger partial charge in [0.05, 0.1) is 13.0 Å². The molecule has 0 aromatic rings. The lowest BCUT2D eigenvalue weighted by Gasteiger charge is -2.12. The first-order valence-corrected chi connectivity index (χ1v) is 8.06. The number of aliphatic hydroxyl groups excluding tert-OH is 1. The SMILES string of the molecule is COC(=O)[C@@H](C)[C@@H](O)C#C[Si](C)(C)C. The average Bonchev–Trinajstić information content (AvgIpc) is 2.10. The zero-order valence-electron chi connectivity index (χ0n) is 9.42. The van der Waals surface area contributed by atoms with Crippen LogP contribution in [0.1, 0.15) is 6.92 Å². The summed E-state index contributed by atoms with van der Waals surface area (Å²) >= 11 is 0. The second-order valence-electron chi connectivity index (χ2n) is 4.28. The van der Waals surface area contributed by atoms with Gasteiger partial charge in [-0.1, -0.05) is 25.6 Å². The maximum absolute atomic E-state index is 11.0. The van der Waals surface area contributed by atoms with Gasteiger partial charge in [-0.05, 0) is 6.92 Å². The number of rotatable bonds is 2. The van der Waals surface area contributed by atoms with Crippen LogP contribution in [0.25, 0.3) is 0 Å². The van der Waals surface area contributed by atoms with E-state index in [4.69, 9.17) is 0 Å². The van der Waals surface area contributed by atoms with Crippen molar-refractivity contribution in [2.45, 2.75) is 32.7 Å². The summed E-state index contributed by atoms with van der Waals surface area (Å²) in [6, 6.07) is 0. The number of methoxy groups -OCH3 is 1. The van der Waals surface area contributed by atoms with Gasteiger partial charge in [-0.25, -0.2) is 0 Å². The van der Waals surface area contributed by atoms with E-state index in [-0.39, 0.29) is 0 Å². The Bertz CT molecular complexity index is 257. The van der Waals surface area contributed by atoms with Gasteiger partial charge in [-0.15, -0.1) is 5.54 Å². The van der Waals surface area contributed by atoms with Crippen molar-refractivity contribution >= 4 is 14.0 Å². The molecule has 0 spiro atoms. The molecule has 1 N–H and O–H groups in total. The summed E-state index contributed by atoms with van der Waals surface area (Å²) in [5, 5.41) is 9.53. The van der Waals surface area contributed by atoms with Crippen molar-refractivity contribution in [2.24, 2.45) is 5.92 Å². The van der Waals surface area contributed by atoms with Gasteiger partial charge in [0.25, 0.3) is 0 Å². The van der Waals surface area contributed by atoms with Gasteiger partial charge in [-0.2, -0.15) is 0 Å². The van der Waals surface area contributed by atoms with Crippen molar-refractivity contribution < 1.29 is 14.6 Å². The summed E-state index contributed by atoms with van der Waals surface area (Å²) in [5.41, 5.74) is 3.01. The molecule has 80 valence electrons. The summed E-state index contributed by atoms with van der Waals surface area (Å²) < 4.78 is 4.51. The van der Waals surface area contributed by atoms with Crippen molar-refractivity contribution in [2.75, 3.05) is 7.11 Å². The highest BCUT2D eigenvalue weighted by Gasteiger charge is 2.21. The van der Waals surface area contributed by atoms with Crippen LogP contribution < -0.4 is 0 Å². The molecule has 14 heavy (non-hydrogen) atoms. The Morgan fingerprint density at radius 3 is 2.29 bits per heavy atom. The molecule has 0 unspecified atom stereocenters. The fourth-order valence-electron chi connectivity index (χ4n) is 0.730. The molecule has 0 aliphatic carbocycles. The van der Waals surface area contributed by atoms with E-state index in [0.717, 1.165) is 0 Å². The lowest BCUT2D eigenvalue weighted by Crippen LogP contribution is -2.26. The van der Waals surface area contributed by atoms with Crippen molar-refractivity contribution in [3.05, 3.63) is 0 Å². The molecular formula is C10H18O3Si. The summed E-state index contributed by atoms with van der Waals surface area (Å²) in [6.45, 7) is 7.84. The Kier molecular flexibility index (Phi) is 4.88. The molecular weight excluding hydrogens is 196 g/mol. The van der Waals surface area contributed by atoms with E-state index in [1.165, 1.54) is 7.11 Å². The molecule has 0 amide bonds. The quantitative estimate of drug-likeness (QED) is 0.424. The third-order valence-corrected chi connectivity index (χ3v) is 2.54. The minimum atomic E-state index is -1.48. The molecule has 0 heterocycles. The lowest BCUT2D eigenvalue weighted by molar-refractivity contribution is -0.147. The van der Waals surface area contributed by atoms with Crippen molar-refractivity contribution in [1.82, 2.24) is 0 Å². The third-order valence-electron chi connectivity index (χ3n) is 1.64. The van der Waals surface area contributed by atoms with Crippen LogP contribution >= 0.6 is 0 Å². The maximum atomic E-state index is 11.0. The van der Waals surface area contributed by atoms with E-state index in [2.05, 4.69) is 35.8 Å². The van der Waals surface area contributed by atoms with Crippen molar-refractivity contribution in [1.29, 1.82) is 0 Å². The summed E-state index contributed by atoms with van der Waals surface area (Å²) in [6.07, 6.45) is -0.922. The molecule has 0 fully saturated rings. The van der Waals surface area contributed by atoms with Gasteiger partial charge in [0.15, 0.2) is 0 Å². The van der Waals surface area contributed by atoms with Crippen LogP contribution in [0.3, 0.4) is 0 Å².